The van der Waals surface area contributed by atoms with Gasteiger partial charge >= 0.3 is 0 Å². The Kier molecular flexibility index (Phi) is 5.03. The summed E-state index contributed by atoms with van der Waals surface area (Å²) in [6.45, 7) is 11.4. The van der Waals surface area contributed by atoms with Crippen LogP contribution in [0.1, 0.15) is 61.2 Å². The van der Waals surface area contributed by atoms with Gasteiger partial charge in [-0.1, -0.05) is 39.8 Å². The maximum absolute atomic E-state index is 11.4. The van der Waals surface area contributed by atoms with E-state index in [0.29, 0.717) is 11.5 Å². The van der Waals surface area contributed by atoms with Gasteiger partial charge < -0.3 is 4.90 Å². The molecule has 2 aromatic rings. The van der Waals surface area contributed by atoms with Crippen LogP contribution in [0.3, 0.4) is 0 Å². The molecule has 0 fully saturated rings. The molecule has 142 valence electrons. The van der Waals surface area contributed by atoms with Crippen molar-refractivity contribution in [1.82, 2.24) is 0 Å². The molecule has 0 N–H and O–H groups in total. The largest absolute Gasteiger partial charge is 0.377 e. The lowest BCUT2D eigenvalue weighted by atomic mass is 9.70. The Morgan fingerprint density at radius 3 is 2.33 bits per heavy atom. The van der Waals surface area contributed by atoms with Crippen LogP contribution in [-0.2, 0) is 5.41 Å². The fourth-order valence-corrected chi connectivity index (χ4v) is 4.16. The molecule has 0 radical (unpaired) electrons. The third kappa shape index (κ3) is 3.45. The van der Waals surface area contributed by atoms with Crippen molar-refractivity contribution in [2.45, 2.75) is 46.5 Å². The first kappa shape index (κ1) is 19.4. The second-order valence-corrected chi connectivity index (χ2v) is 8.90. The Morgan fingerprint density at radius 1 is 1.04 bits per heavy atom. The van der Waals surface area contributed by atoms with Gasteiger partial charge in [0, 0.05) is 30.9 Å². The summed E-state index contributed by atoms with van der Waals surface area (Å²) in [5, 5.41) is 0. The van der Waals surface area contributed by atoms with Crippen LogP contribution in [0.15, 0.2) is 36.4 Å². The Morgan fingerprint density at radius 2 is 1.74 bits per heavy atom. The first-order valence-electron chi connectivity index (χ1n) is 9.78. The number of rotatable bonds is 4. The van der Waals surface area contributed by atoms with E-state index in [1.54, 1.807) is 0 Å². The summed E-state index contributed by atoms with van der Waals surface area (Å²) >= 11 is 0. The van der Waals surface area contributed by atoms with Crippen molar-refractivity contribution < 1.29 is 4.79 Å². The van der Waals surface area contributed by atoms with E-state index in [0.717, 1.165) is 24.0 Å². The van der Waals surface area contributed by atoms with Crippen LogP contribution in [0, 0.1) is 12.8 Å². The molecule has 0 aliphatic heterocycles. The second-order valence-electron chi connectivity index (χ2n) is 8.90. The highest BCUT2D eigenvalue weighted by Gasteiger charge is 2.30. The van der Waals surface area contributed by atoms with Crippen molar-refractivity contribution in [3.8, 4) is 11.1 Å². The van der Waals surface area contributed by atoms with Gasteiger partial charge in [0.15, 0.2) is 0 Å². The Bertz CT molecular complexity index is 916. The van der Waals surface area contributed by atoms with Gasteiger partial charge in [0.25, 0.3) is 0 Å². The number of allylic oxidation sites excluding steroid dienone is 2. The van der Waals surface area contributed by atoms with Crippen LogP contribution in [0.2, 0.25) is 0 Å². The minimum absolute atomic E-state index is 0.145. The molecule has 0 saturated heterocycles. The standard InChI is InChI=1S/C25H31NO/c1-16(2)19-10-11-25(4,5)23-12-17(3)20(14-21(19)23)22-13-18(15-27)8-9-24(22)26(6)7/h8-10,12-16H,11H2,1-7H3. The van der Waals surface area contributed by atoms with Crippen molar-refractivity contribution in [1.29, 1.82) is 0 Å². The zero-order valence-corrected chi connectivity index (χ0v) is 17.7. The maximum Gasteiger partial charge on any atom is 0.150 e. The number of fused-ring (bicyclic) bond motifs is 1. The highest BCUT2D eigenvalue weighted by Crippen LogP contribution is 2.45. The monoisotopic (exact) mass is 361 g/mol. The predicted molar refractivity (Wildman–Crippen MR) is 117 cm³/mol. The van der Waals surface area contributed by atoms with E-state index in [9.17, 15) is 4.79 Å². The van der Waals surface area contributed by atoms with Crippen molar-refractivity contribution in [3.05, 3.63) is 58.7 Å². The van der Waals surface area contributed by atoms with E-state index in [4.69, 9.17) is 0 Å². The van der Waals surface area contributed by atoms with E-state index in [2.05, 4.69) is 71.8 Å². The summed E-state index contributed by atoms with van der Waals surface area (Å²) in [6.07, 6.45) is 4.43. The smallest absolute Gasteiger partial charge is 0.150 e. The molecule has 0 amide bonds. The van der Waals surface area contributed by atoms with Gasteiger partial charge in [0.05, 0.1) is 0 Å². The molecular weight excluding hydrogens is 330 g/mol. The van der Waals surface area contributed by atoms with Crippen molar-refractivity contribution >= 4 is 17.5 Å². The minimum Gasteiger partial charge on any atom is -0.377 e. The summed E-state index contributed by atoms with van der Waals surface area (Å²) < 4.78 is 0. The highest BCUT2D eigenvalue weighted by atomic mass is 16.1. The fraction of sp³-hybridized carbons (Fsp3) is 0.400. The van der Waals surface area contributed by atoms with Crippen molar-refractivity contribution in [2.24, 2.45) is 5.92 Å². The van der Waals surface area contributed by atoms with E-state index >= 15 is 0 Å². The van der Waals surface area contributed by atoms with Crippen LogP contribution in [0.25, 0.3) is 16.7 Å². The number of aryl methyl sites for hydroxylation is 1. The lowest BCUT2D eigenvalue weighted by Gasteiger charge is -2.34. The van der Waals surface area contributed by atoms with Gasteiger partial charge in [-0.25, -0.2) is 0 Å². The third-order valence-corrected chi connectivity index (χ3v) is 5.79. The number of aldehydes is 1. The molecule has 1 aliphatic carbocycles. The molecule has 2 nitrogen and oxygen atoms in total. The number of nitrogens with zero attached hydrogens (tertiary/aromatic N) is 1. The average Bonchev–Trinajstić information content (AvgIpc) is 2.60. The number of carbonyl (C=O) groups excluding carboxylic acids is 1. The normalized spacial score (nSPS) is 15.3. The Balaban J connectivity index is 2.30. The first-order valence-corrected chi connectivity index (χ1v) is 9.78. The summed E-state index contributed by atoms with van der Waals surface area (Å²) in [4.78, 5) is 13.5. The molecule has 0 atom stereocenters. The van der Waals surface area contributed by atoms with Crippen LogP contribution in [0.4, 0.5) is 5.69 Å². The average molecular weight is 362 g/mol. The SMILES string of the molecule is Cc1cc2c(cc1-c1cc(C=O)ccc1N(C)C)C(C(C)C)=CCC2(C)C. The predicted octanol–water partition coefficient (Wildman–Crippen LogP) is 6.26. The molecule has 0 unspecified atom stereocenters. The van der Waals surface area contributed by atoms with E-state index in [1.807, 2.05) is 18.2 Å². The molecule has 27 heavy (non-hydrogen) atoms. The molecule has 2 aromatic carbocycles. The van der Waals surface area contributed by atoms with Crippen LogP contribution >= 0.6 is 0 Å². The summed E-state index contributed by atoms with van der Waals surface area (Å²) in [5.74, 6) is 0.491. The second kappa shape index (κ2) is 6.99. The quantitative estimate of drug-likeness (QED) is 0.599. The first-order chi connectivity index (χ1) is 12.7. The third-order valence-electron chi connectivity index (χ3n) is 5.79. The lowest BCUT2D eigenvalue weighted by Crippen LogP contribution is -2.23. The minimum atomic E-state index is 0.145. The van der Waals surface area contributed by atoms with E-state index in [-0.39, 0.29) is 5.41 Å². The molecule has 0 bridgehead atoms. The molecule has 0 spiro atoms. The summed E-state index contributed by atoms with van der Waals surface area (Å²) in [7, 11) is 4.10. The number of carbonyl (C=O) groups is 1. The van der Waals surface area contributed by atoms with Gasteiger partial charge in [-0.2, -0.15) is 0 Å². The molecular formula is C25H31NO. The zero-order valence-electron chi connectivity index (χ0n) is 17.7. The summed E-state index contributed by atoms with van der Waals surface area (Å²) in [6, 6.07) is 10.7. The number of benzene rings is 2. The highest BCUT2D eigenvalue weighted by molar-refractivity contribution is 5.88. The van der Waals surface area contributed by atoms with E-state index < -0.39 is 0 Å². The van der Waals surface area contributed by atoms with Crippen molar-refractivity contribution in [3.63, 3.8) is 0 Å². The molecule has 2 heteroatoms. The van der Waals surface area contributed by atoms with Gasteiger partial charge in [0.2, 0.25) is 0 Å². The van der Waals surface area contributed by atoms with Crippen molar-refractivity contribution in [2.75, 3.05) is 19.0 Å². The molecule has 0 saturated carbocycles. The molecule has 3 rings (SSSR count). The van der Waals surface area contributed by atoms with Crippen LogP contribution in [-0.4, -0.2) is 20.4 Å². The van der Waals surface area contributed by atoms with Crippen LogP contribution < -0.4 is 4.90 Å². The zero-order chi connectivity index (χ0) is 19.9. The number of hydrogen-bond acceptors (Lipinski definition) is 2. The maximum atomic E-state index is 11.4. The topological polar surface area (TPSA) is 20.3 Å². The van der Waals surface area contributed by atoms with Crippen LogP contribution in [0.5, 0.6) is 0 Å². The number of anilines is 1. The lowest BCUT2D eigenvalue weighted by molar-refractivity contribution is 0.112. The van der Waals surface area contributed by atoms with Gasteiger partial charge in [-0.05, 0) is 76.8 Å². The van der Waals surface area contributed by atoms with Gasteiger partial charge in [-0.3, -0.25) is 4.79 Å². The van der Waals surface area contributed by atoms with E-state index in [1.165, 1.54) is 27.8 Å². The Hall–Kier alpha value is -2.35. The number of hydrogen-bond donors (Lipinski definition) is 0. The molecule has 0 heterocycles. The Labute approximate surface area is 163 Å². The molecule has 1 aliphatic rings. The molecule has 0 aromatic heterocycles. The fourth-order valence-electron chi connectivity index (χ4n) is 4.16. The van der Waals surface area contributed by atoms with Gasteiger partial charge in [0.1, 0.15) is 6.29 Å². The van der Waals surface area contributed by atoms with Gasteiger partial charge in [-0.15, -0.1) is 0 Å². The summed E-state index contributed by atoms with van der Waals surface area (Å²) in [5.41, 5.74) is 9.83.